The third kappa shape index (κ3) is 4.22. The molecule has 0 amide bonds. The van der Waals surface area contributed by atoms with Crippen LogP contribution in [0.5, 0.6) is 0 Å². The van der Waals surface area contributed by atoms with Crippen LogP contribution in [0.15, 0.2) is 97.1 Å². The van der Waals surface area contributed by atoms with Gasteiger partial charge in [-0.05, 0) is 97.7 Å². The lowest BCUT2D eigenvalue weighted by atomic mass is 9.56. The average Bonchev–Trinajstić information content (AvgIpc) is 3.73. The third-order valence-electron chi connectivity index (χ3n) is 11.5. The quantitative estimate of drug-likeness (QED) is 0.256. The molecular weight excluding hydrogens is 542 g/mol. The molecule has 3 fully saturated rings. The van der Waals surface area contributed by atoms with Gasteiger partial charge in [-0.2, -0.15) is 0 Å². The molecule has 0 N–H and O–H groups in total. The van der Waals surface area contributed by atoms with Gasteiger partial charge in [0.1, 0.15) is 0 Å². The molecule has 6 heteroatoms. The zero-order valence-electron chi connectivity index (χ0n) is 26.3. The highest BCUT2D eigenvalue weighted by Crippen LogP contribution is 2.60. The van der Waals surface area contributed by atoms with E-state index < -0.39 is 0 Å². The third-order valence-corrected chi connectivity index (χ3v) is 11.5. The summed E-state index contributed by atoms with van der Waals surface area (Å²) in [6.45, 7) is 9.75. The topological polar surface area (TPSA) is 36.9 Å². The maximum Gasteiger partial charge on any atom is 0.494 e. The normalized spacial score (nSPS) is 26.6. The SMILES string of the molecule is CC1(C)OB(c2ccc(C3(c4ccccc4)CCC4(CC3)c3ccccc3-c3ccc(B5OCCO5)cc34)cc2)OC1(C)C. The van der Waals surface area contributed by atoms with Crippen LogP contribution in [0, 0.1) is 0 Å². The average molecular weight is 582 g/mol. The number of benzene rings is 4. The standard InChI is InChI=1S/C38H40B2O4/c1-35(2)36(3,4)44-40(43-35)29-16-14-28(15-17-29)37(27-10-6-5-7-11-27)20-22-38(23-21-37)33-13-9-8-12-31(33)32-19-18-30(26-34(32)38)39-41-24-25-42-39/h5-19,26H,20-25H2,1-4H3. The first kappa shape index (κ1) is 28.3. The summed E-state index contributed by atoms with van der Waals surface area (Å²) >= 11 is 0. The van der Waals surface area contributed by atoms with E-state index in [0.29, 0.717) is 13.2 Å². The number of hydrogen-bond acceptors (Lipinski definition) is 4. The molecule has 4 nitrogen and oxygen atoms in total. The fourth-order valence-electron chi connectivity index (χ4n) is 8.25. The van der Waals surface area contributed by atoms with E-state index in [2.05, 4.69) is 125 Å². The number of rotatable bonds is 4. The molecule has 1 spiro atoms. The summed E-state index contributed by atoms with van der Waals surface area (Å²) in [6, 6.07) is 36.2. The Morgan fingerprint density at radius 1 is 0.500 bits per heavy atom. The molecule has 1 saturated carbocycles. The first-order chi connectivity index (χ1) is 21.2. The van der Waals surface area contributed by atoms with Gasteiger partial charge in [-0.1, -0.05) is 97.1 Å². The van der Waals surface area contributed by atoms with Gasteiger partial charge in [0.25, 0.3) is 0 Å². The Kier molecular flexibility index (Phi) is 6.56. The molecule has 8 rings (SSSR count). The van der Waals surface area contributed by atoms with Crippen LogP contribution >= 0.6 is 0 Å². The molecule has 2 saturated heterocycles. The first-order valence-corrected chi connectivity index (χ1v) is 16.2. The molecule has 0 aromatic heterocycles. The Labute approximate surface area is 262 Å². The molecule has 44 heavy (non-hydrogen) atoms. The van der Waals surface area contributed by atoms with Crippen LogP contribution in [-0.2, 0) is 29.4 Å². The Hall–Kier alpha value is -3.15. The van der Waals surface area contributed by atoms with E-state index in [0.717, 1.165) is 36.6 Å². The van der Waals surface area contributed by atoms with Gasteiger partial charge in [-0.25, -0.2) is 0 Å². The summed E-state index contributed by atoms with van der Waals surface area (Å²) in [5.41, 5.74) is 9.80. The Morgan fingerprint density at radius 3 is 1.73 bits per heavy atom. The lowest BCUT2D eigenvalue weighted by Gasteiger charge is -2.47. The zero-order valence-corrected chi connectivity index (χ0v) is 26.3. The molecule has 4 aromatic rings. The predicted octanol–water partition coefficient (Wildman–Crippen LogP) is 6.55. The van der Waals surface area contributed by atoms with Crippen LogP contribution in [0.4, 0.5) is 0 Å². The molecule has 4 aromatic carbocycles. The molecular formula is C38H40B2O4. The van der Waals surface area contributed by atoms with E-state index in [1.54, 1.807) is 0 Å². The van der Waals surface area contributed by atoms with Gasteiger partial charge in [-0.3, -0.25) is 0 Å². The fourth-order valence-corrected chi connectivity index (χ4v) is 8.25. The van der Waals surface area contributed by atoms with Crippen molar-refractivity contribution >= 4 is 25.2 Å². The first-order valence-electron chi connectivity index (χ1n) is 16.2. The van der Waals surface area contributed by atoms with E-state index >= 15 is 0 Å². The second-order valence-corrected chi connectivity index (χ2v) is 14.2. The van der Waals surface area contributed by atoms with Crippen molar-refractivity contribution < 1.29 is 18.6 Å². The van der Waals surface area contributed by atoms with Crippen molar-refractivity contribution in [3.63, 3.8) is 0 Å². The van der Waals surface area contributed by atoms with Crippen molar-refractivity contribution in [2.45, 2.75) is 75.4 Å². The van der Waals surface area contributed by atoms with Crippen LogP contribution < -0.4 is 10.9 Å². The van der Waals surface area contributed by atoms with Crippen molar-refractivity contribution in [3.05, 3.63) is 119 Å². The molecule has 0 atom stereocenters. The Balaban J connectivity index is 1.17. The highest BCUT2D eigenvalue weighted by Gasteiger charge is 2.53. The zero-order chi connectivity index (χ0) is 30.2. The maximum absolute atomic E-state index is 6.38. The van der Waals surface area contributed by atoms with E-state index in [1.165, 1.54) is 33.4 Å². The van der Waals surface area contributed by atoms with E-state index in [-0.39, 0.29) is 36.3 Å². The molecule has 2 aliphatic carbocycles. The smallest absolute Gasteiger partial charge is 0.405 e. The summed E-state index contributed by atoms with van der Waals surface area (Å²) in [5, 5.41) is 0. The fraction of sp³-hybridized carbons (Fsp3) is 0.368. The molecule has 222 valence electrons. The van der Waals surface area contributed by atoms with Gasteiger partial charge in [0.2, 0.25) is 0 Å². The van der Waals surface area contributed by atoms with E-state index in [9.17, 15) is 0 Å². The van der Waals surface area contributed by atoms with Gasteiger partial charge in [0.15, 0.2) is 0 Å². The largest absolute Gasteiger partial charge is 0.494 e. The van der Waals surface area contributed by atoms with E-state index in [1.807, 2.05) is 0 Å². The summed E-state index contributed by atoms with van der Waals surface area (Å²) in [7, 11) is -0.625. The number of hydrogen-bond donors (Lipinski definition) is 0. The van der Waals surface area contributed by atoms with Crippen LogP contribution in [0.1, 0.15) is 75.6 Å². The van der Waals surface area contributed by atoms with Crippen LogP contribution in [-0.4, -0.2) is 38.7 Å². The Morgan fingerprint density at radius 2 is 1.05 bits per heavy atom. The lowest BCUT2D eigenvalue weighted by molar-refractivity contribution is 0.00578. The molecule has 2 aliphatic heterocycles. The highest BCUT2D eigenvalue weighted by atomic mass is 16.7. The van der Waals surface area contributed by atoms with Crippen LogP contribution in [0.3, 0.4) is 0 Å². The minimum Gasteiger partial charge on any atom is -0.405 e. The molecule has 2 heterocycles. The van der Waals surface area contributed by atoms with Crippen molar-refractivity contribution in [3.8, 4) is 11.1 Å². The monoisotopic (exact) mass is 582 g/mol. The Bertz CT molecular complexity index is 1670. The van der Waals surface area contributed by atoms with Gasteiger partial charge in [0, 0.05) is 10.8 Å². The van der Waals surface area contributed by atoms with Gasteiger partial charge in [-0.15, -0.1) is 0 Å². The summed E-state index contributed by atoms with van der Waals surface area (Å²) in [6.07, 6.45) is 4.25. The molecule has 0 unspecified atom stereocenters. The van der Waals surface area contributed by atoms with Crippen molar-refractivity contribution in [1.82, 2.24) is 0 Å². The van der Waals surface area contributed by atoms with E-state index in [4.69, 9.17) is 18.6 Å². The van der Waals surface area contributed by atoms with Crippen LogP contribution in [0.25, 0.3) is 11.1 Å². The maximum atomic E-state index is 6.38. The highest BCUT2D eigenvalue weighted by molar-refractivity contribution is 6.62. The summed E-state index contributed by atoms with van der Waals surface area (Å²) in [4.78, 5) is 0. The van der Waals surface area contributed by atoms with Crippen molar-refractivity contribution in [1.29, 1.82) is 0 Å². The summed E-state index contributed by atoms with van der Waals surface area (Å²) < 4.78 is 24.6. The van der Waals surface area contributed by atoms with Crippen molar-refractivity contribution in [2.75, 3.05) is 13.2 Å². The van der Waals surface area contributed by atoms with Gasteiger partial charge in [0.05, 0.1) is 24.4 Å². The second-order valence-electron chi connectivity index (χ2n) is 14.2. The van der Waals surface area contributed by atoms with Crippen molar-refractivity contribution in [2.24, 2.45) is 0 Å². The molecule has 0 radical (unpaired) electrons. The summed E-state index contributed by atoms with van der Waals surface area (Å²) in [5.74, 6) is 0. The van der Waals surface area contributed by atoms with Crippen LogP contribution in [0.2, 0.25) is 0 Å². The van der Waals surface area contributed by atoms with Gasteiger partial charge >= 0.3 is 14.2 Å². The van der Waals surface area contributed by atoms with Gasteiger partial charge < -0.3 is 18.6 Å². The minimum atomic E-state index is -0.358. The lowest BCUT2D eigenvalue weighted by Crippen LogP contribution is -2.41. The molecule has 0 bridgehead atoms. The number of fused-ring (bicyclic) bond motifs is 5. The predicted molar refractivity (Wildman–Crippen MR) is 178 cm³/mol. The molecule has 4 aliphatic rings. The second kappa shape index (κ2) is 10.2. The minimum absolute atomic E-state index is 0.0263.